The first-order valence-corrected chi connectivity index (χ1v) is 7.77. The van der Waals surface area contributed by atoms with Crippen molar-refractivity contribution in [2.45, 2.75) is 39.2 Å². The summed E-state index contributed by atoms with van der Waals surface area (Å²) in [5.74, 6) is 0.734. The summed E-state index contributed by atoms with van der Waals surface area (Å²) in [4.78, 5) is 2.41. The van der Waals surface area contributed by atoms with Crippen LogP contribution in [0.4, 0.5) is 0 Å². The van der Waals surface area contributed by atoms with Gasteiger partial charge in [-0.05, 0) is 52.6 Å². The maximum Gasteiger partial charge on any atom is 0.0518 e. The maximum absolute atomic E-state index is 5.52. The molecule has 1 unspecified atom stereocenters. The van der Waals surface area contributed by atoms with Gasteiger partial charge in [0.15, 0.2) is 0 Å². The van der Waals surface area contributed by atoms with Gasteiger partial charge in [-0.15, -0.1) is 0 Å². The Morgan fingerprint density at radius 1 is 1.37 bits per heavy atom. The van der Waals surface area contributed by atoms with Crippen LogP contribution in [0, 0.1) is 5.92 Å². The van der Waals surface area contributed by atoms with Crippen molar-refractivity contribution in [3.63, 3.8) is 0 Å². The number of rotatable bonds is 10. The summed E-state index contributed by atoms with van der Waals surface area (Å²) in [7, 11) is 2.21. The van der Waals surface area contributed by atoms with E-state index in [0.29, 0.717) is 6.10 Å². The maximum atomic E-state index is 5.52. The van der Waals surface area contributed by atoms with E-state index < -0.39 is 0 Å². The molecule has 0 bridgehead atoms. The fourth-order valence-corrected chi connectivity index (χ4v) is 2.39. The van der Waals surface area contributed by atoms with Crippen LogP contribution in [0.5, 0.6) is 0 Å². The van der Waals surface area contributed by atoms with Crippen LogP contribution in [-0.4, -0.2) is 64.1 Å². The molecule has 0 aliphatic carbocycles. The van der Waals surface area contributed by atoms with Crippen molar-refractivity contribution >= 4 is 0 Å². The highest BCUT2D eigenvalue weighted by Crippen LogP contribution is 2.13. The van der Waals surface area contributed by atoms with Crippen molar-refractivity contribution in [1.29, 1.82) is 0 Å². The average molecular weight is 272 g/mol. The normalized spacial score (nSPS) is 20.4. The molecule has 1 fully saturated rings. The molecule has 4 nitrogen and oxygen atoms in total. The minimum absolute atomic E-state index is 0.351. The van der Waals surface area contributed by atoms with E-state index >= 15 is 0 Å². The molecule has 1 heterocycles. The van der Waals surface area contributed by atoms with Gasteiger partial charge in [0.2, 0.25) is 0 Å². The molecule has 1 aliphatic rings. The fraction of sp³-hybridized carbons (Fsp3) is 1.00. The molecule has 114 valence electrons. The summed E-state index contributed by atoms with van der Waals surface area (Å²) >= 11 is 0. The smallest absolute Gasteiger partial charge is 0.0518 e. The van der Waals surface area contributed by atoms with Crippen LogP contribution in [0.3, 0.4) is 0 Å². The second-order valence-corrected chi connectivity index (χ2v) is 5.87. The van der Waals surface area contributed by atoms with Crippen LogP contribution in [0.1, 0.15) is 33.1 Å². The molecule has 0 saturated carbocycles. The van der Waals surface area contributed by atoms with E-state index in [1.165, 1.54) is 12.8 Å². The lowest BCUT2D eigenvalue weighted by Crippen LogP contribution is -2.35. The predicted molar refractivity (Wildman–Crippen MR) is 79.6 cm³/mol. The summed E-state index contributed by atoms with van der Waals surface area (Å²) < 4.78 is 11.0. The summed E-state index contributed by atoms with van der Waals surface area (Å²) in [6, 6.07) is 0. The first kappa shape index (κ1) is 16.9. The SMILES string of the molecule is CC(C)OCCCNCCN(C)CC1CCCOC1. The molecule has 0 aromatic carbocycles. The molecule has 1 saturated heterocycles. The minimum Gasteiger partial charge on any atom is -0.381 e. The Kier molecular flexibility index (Phi) is 9.43. The first-order valence-electron chi connectivity index (χ1n) is 7.77. The van der Waals surface area contributed by atoms with Crippen LogP contribution in [0.2, 0.25) is 0 Å². The highest BCUT2D eigenvalue weighted by molar-refractivity contribution is 4.67. The second kappa shape index (κ2) is 10.6. The standard InChI is InChI=1S/C15H32N2O2/c1-14(2)19-11-5-7-16-8-9-17(3)12-15-6-4-10-18-13-15/h14-16H,4-13H2,1-3H3. The van der Waals surface area contributed by atoms with Crippen molar-refractivity contribution in [2.75, 3.05) is 53.0 Å². The highest BCUT2D eigenvalue weighted by Gasteiger charge is 2.15. The molecule has 0 aromatic heterocycles. The van der Waals surface area contributed by atoms with Gasteiger partial charge in [0.05, 0.1) is 12.7 Å². The van der Waals surface area contributed by atoms with E-state index in [-0.39, 0.29) is 0 Å². The van der Waals surface area contributed by atoms with Gasteiger partial charge in [0.25, 0.3) is 0 Å². The summed E-state index contributed by atoms with van der Waals surface area (Å²) in [5, 5.41) is 3.47. The number of hydrogen-bond acceptors (Lipinski definition) is 4. The Morgan fingerprint density at radius 2 is 2.21 bits per heavy atom. The van der Waals surface area contributed by atoms with E-state index in [1.54, 1.807) is 0 Å². The Labute approximate surface area is 118 Å². The van der Waals surface area contributed by atoms with Gasteiger partial charge in [0, 0.05) is 32.8 Å². The van der Waals surface area contributed by atoms with Crippen LogP contribution in [0.25, 0.3) is 0 Å². The van der Waals surface area contributed by atoms with E-state index in [4.69, 9.17) is 9.47 Å². The third-order valence-corrected chi connectivity index (χ3v) is 3.44. The number of nitrogens with one attached hydrogen (secondary N) is 1. The molecule has 0 aromatic rings. The molecular formula is C15H32N2O2. The lowest BCUT2D eigenvalue weighted by Gasteiger charge is -2.27. The summed E-state index contributed by atoms with van der Waals surface area (Å²) in [6.45, 7) is 11.3. The van der Waals surface area contributed by atoms with E-state index in [9.17, 15) is 0 Å². The lowest BCUT2D eigenvalue weighted by atomic mass is 10.0. The van der Waals surface area contributed by atoms with Crippen LogP contribution in [-0.2, 0) is 9.47 Å². The number of likely N-dealkylation sites (N-methyl/N-ethyl adjacent to an activating group) is 1. The quantitative estimate of drug-likeness (QED) is 0.614. The van der Waals surface area contributed by atoms with Gasteiger partial charge in [-0.1, -0.05) is 0 Å². The number of nitrogens with zero attached hydrogens (tertiary/aromatic N) is 1. The predicted octanol–water partition coefficient (Wildman–Crippen LogP) is 1.75. The third-order valence-electron chi connectivity index (χ3n) is 3.44. The Morgan fingerprint density at radius 3 is 2.89 bits per heavy atom. The molecule has 4 heteroatoms. The lowest BCUT2D eigenvalue weighted by molar-refractivity contribution is 0.0421. The summed E-state index contributed by atoms with van der Waals surface area (Å²) in [6.07, 6.45) is 4.00. The third kappa shape index (κ3) is 9.38. The second-order valence-electron chi connectivity index (χ2n) is 5.87. The van der Waals surface area contributed by atoms with Crippen LogP contribution in [0.15, 0.2) is 0 Å². The van der Waals surface area contributed by atoms with Gasteiger partial charge in [-0.3, -0.25) is 0 Å². The van der Waals surface area contributed by atoms with Gasteiger partial charge in [-0.25, -0.2) is 0 Å². The van der Waals surface area contributed by atoms with Gasteiger partial charge >= 0.3 is 0 Å². The van der Waals surface area contributed by atoms with E-state index in [2.05, 4.69) is 31.1 Å². The number of hydrogen-bond donors (Lipinski definition) is 1. The Balaban J connectivity index is 1.88. The molecule has 19 heavy (non-hydrogen) atoms. The highest BCUT2D eigenvalue weighted by atomic mass is 16.5. The van der Waals surface area contributed by atoms with Gasteiger partial charge in [-0.2, -0.15) is 0 Å². The average Bonchev–Trinajstić information content (AvgIpc) is 2.38. The minimum atomic E-state index is 0.351. The molecule has 1 aliphatic heterocycles. The van der Waals surface area contributed by atoms with Crippen LogP contribution >= 0.6 is 0 Å². The van der Waals surface area contributed by atoms with Gasteiger partial charge < -0.3 is 19.7 Å². The van der Waals surface area contributed by atoms with E-state index in [0.717, 1.165) is 58.3 Å². The van der Waals surface area contributed by atoms with Gasteiger partial charge in [0.1, 0.15) is 0 Å². The van der Waals surface area contributed by atoms with Crippen molar-refractivity contribution in [2.24, 2.45) is 5.92 Å². The topological polar surface area (TPSA) is 33.7 Å². The molecule has 0 amide bonds. The van der Waals surface area contributed by atoms with Crippen molar-refractivity contribution in [3.8, 4) is 0 Å². The number of ether oxygens (including phenoxy) is 2. The first-order chi connectivity index (χ1) is 9.18. The van der Waals surface area contributed by atoms with Crippen molar-refractivity contribution in [1.82, 2.24) is 10.2 Å². The molecule has 1 atom stereocenters. The molecular weight excluding hydrogens is 240 g/mol. The Bertz CT molecular complexity index is 206. The molecule has 0 radical (unpaired) electrons. The fourth-order valence-electron chi connectivity index (χ4n) is 2.39. The van der Waals surface area contributed by atoms with E-state index in [1.807, 2.05) is 0 Å². The monoisotopic (exact) mass is 272 g/mol. The summed E-state index contributed by atoms with van der Waals surface area (Å²) in [5.41, 5.74) is 0. The molecule has 1 N–H and O–H groups in total. The zero-order chi connectivity index (χ0) is 13.9. The Hall–Kier alpha value is -0.160. The zero-order valence-corrected chi connectivity index (χ0v) is 13.0. The van der Waals surface area contributed by atoms with Crippen molar-refractivity contribution in [3.05, 3.63) is 0 Å². The van der Waals surface area contributed by atoms with Crippen LogP contribution < -0.4 is 5.32 Å². The molecule has 0 spiro atoms. The largest absolute Gasteiger partial charge is 0.381 e. The zero-order valence-electron chi connectivity index (χ0n) is 13.0. The van der Waals surface area contributed by atoms with Crippen molar-refractivity contribution < 1.29 is 9.47 Å². The molecule has 1 rings (SSSR count).